The van der Waals surface area contributed by atoms with Gasteiger partial charge in [0.2, 0.25) is 0 Å². The van der Waals surface area contributed by atoms with E-state index in [4.69, 9.17) is 0 Å². The minimum Gasteiger partial charge on any atom is -0.289 e. The van der Waals surface area contributed by atoms with Crippen molar-refractivity contribution in [3.63, 3.8) is 0 Å². The Morgan fingerprint density at radius 1 is 1.10 bits per heavy atom. The molecule has 1 aromatic heterocycles. The number of carbonyl (C=O) groups excluding carboxylic acids is 1. The van der Waals surface area contributed by atoms with Gasteiger partial charge in [-0.1, -0.05) is 22.0 Å². The van der Waals surface area contributed by atoms with Crippen LogP contribution in [0, 0.1) is 3.57 Å². The van der Waals surface area contributed by atoms with Crippen LogP contribution in [-0.2, 0) is 0 Å². The number of carbonyl (C=O) groups is 1. The second kappa shape index (κ2) is 5.61. The highest BCUT2D eigenvalue weighted by Crippen LogP contribution is 2.24. The van der Waals surface area contributed by atoms with Gasteiger partial charge < -0.3 is 0 Å². The van der Waals surface area contributed by atoms with Crippen LogP contribution in [0.15, 0.2) is 59.2 Å². The summed E-state index contributed by atoms with van der Waals surface area (Å²) in [5, 5.41) is 0.972. The molecule has 0 unspecified atom stereocenters. The predicted molar refractivity (Wildman–Crippen MR) is 92.0 cm³/mol. The molecule has 2 nitrogen and oxygen atoms in total. The van der Waals surface area contributed by atoms with Crippen molar-refractivity contribution < 1.29 is 4.79 Å². The molecule has 3 aromatic rings. The number of fused-ring (bicyclic) bond motifs is 1. The first-order valence-electron chi connectivity index (χ1n) is 6.00. The fourth-order valence-corrected chi connectivity index (χ4v) is 2.96. The van der Waals surface area contributed by atoms with Gasteiger partial charge in [0, 0.05) is 30.8 Å². The summed E-state index contributed by atoms with van der Waals surface area (Å²) in [7, 11) is 0. The zero-order chi connectivity index (χ0) is 14.1. The first-order valence-corrected chi connectivity index (χ1v) is 7.87. The summed E-state index contributed by atoms with van der Waals surface area (Å²) in [6, 6.07) is 15.2. The molecule has 0 bridgehead atoms. The van der Waals surface area contributed by atoms with Crippen LogP contribution in [-0.4, -0.2) is 10.8 Å². The molecule has 0 saturated carbocycles. The quantitative estimate of drug-likeness (QED) is 0.424. The number of hydrogen-bond acceptors (Lipinski definition) is 2. The van der Waals surface area contributed by atoms with E-state index in [9.17, 15) is 4.79 Å². The molecule has 1 heterocycles. The third kappa shape index (κ3) is 2.62. The smallest absolute Gasteiger partial charge is 0.194 e. The first-order chi connectivity index (χ1) is 9.65. The average molecular weight is 438 g/mol. The highest BCUT2D eigenvalue weighted by Gasteiger charge is 2.13. The molecule has 0 aliphatic heterocycles. The summed E-state index contributed by atoms with van der Waals surface area (Å²) in [4.78, 5) is 16.9. The largest absolute Gasteiger partial charge is 0.289 e. The molecule has 0 fully saturated rings. The third-order valence-corrected chi connectivity index (χ3v) is 4.40. The van der Waals surface area contributed by atoms with Crippen molar-refractivity contribution in [2.75, 3.05) is 0 Å². The van der Waals surface area contributed by atoms with Crippen LogP contribution in [0.4, 0.5) is 0 Å². The summed E-state index contributed by atoms with van der Waals surface area (Å²) in [5.74, 6) is 0.0149. The van der Waals surface area contributed by atoms with E-state index >= 15 is 0 Å². The third-order valence-electron chi connectivity index (χ3n) is 3.04. The predicted octanol–water partition coefficient (Wildman–Crippen LogP) is 4.83. The zero-order valence-corrected chi connectivity index (χ0v) is 14.1. The van der Waals surface area contributed by atoms with Gasteiger partial charge in [0.15, 0.2) is 5.78 Å². The van der Waals surface area contributed by atoms with E-state index in [1.54, 1.807) is 6.20 Å². The molecule has 2 aromatic carbocycles. The lowest BCUT2D eigenvalue weighted by Gasteiger charge is -2.06. The minimum atomic E-state index is 0.0149. The summed E-state index contributed by atoms with van der Waals surface area (Å²) in [6.45, 7) is 0. The Bertz CT molecular complexity index is 816. The Balaban J connectivity index is 2.10. The van der Waals surface area contributed by atoms with Crippen LogP contribution in [0.5, 0.6) is 0 Å². The van der Waals surface area contributed by atoms with Gasteiger partial charge in [-0.25, -0.2) is 0 Å². The van der Waals surface area contributed by atoms with E-state index in [0.717, 1.165) is 18.9 Å². The number of halogens is 2. The molecule has 4 heteroatoms. The standard InChI is InChI=1S/C16H9BrINO/c17-14-5-4-12(18)9-13(14)16(20)11-3-6-15-10(8-11)2-1-7-19-15/h1-9H. The van der Waals surface area contributed by atoms with E-state index in [1.165, 1.54) is 0 Å². The molecule has 0 amide bonds. The Morgan fingerprint density at radius 3 is 2.80 bits per heavy atom. The lowest BCUT2D eigenvalue weighted by atomic mass is 10.0. The van der Waals surface area contributed by atoms with Crippen LogP contribution < -0.4 is 0 Å². The van der Waals surface area contributed by atoms with Crippen molar-refractivity contribution in [1.29, 1.82) is 0 Å². The lowest BCUT2D eigenvalue weighted by molar-refractivity contribution is 0.103. The molecule has 98 valence electrons. The normalized spacial score (nSPS) is 10.7. The van der Waals surface area contributed by atoms with Crippen molar-refractivity contribution in [1.82, 2.24) is 4.98 Å². The second-order valence-corrected chi connectivity index (χ2v) is 6.46. The van der Waals surface area contributed by atoms with E-state index in [1.807, 2.05) is 48.5 Å². The summed E-state index contributed by atoms with van der Waals surface area (Å²) < 4.78 is 1.85. The number of nitrogens with zero attached hydrogens (tertiary/aromatic N) is 1. The number of rotatable bonds is 2. The average Bonchev–Trinajstić information content (AvgIpc) is 2.48. The fourth-order valence-electron chi connectivity index (χ4n) is 2.04. The van der Waals surface area contributed by atoms with Crippen molar-refractivity contribution in [2.45, 2.75) is 0 Å². The van der Waals surface area contributed by atoms with Gasteiger partial charge in [0.1, 0.15) is 0 Å². The van der Waals surface area contributed by atoms with Crippen molar-refractivity contribution in [2.24, 2.45) is 0 Å². The number of aromatic nitrogens is 1. The number of hydrogen-bond donors (Lipinski definition) is 0. The van der Waals surface area contributed by atoms with Gasteiger partial charge in [-0.05, 0) is 65.1 Å². The lowest BCUT2D eigenvalue weighted by Crippen LogP contribution is -2.03. The first kappa shape index (κ1) is 13.7. The highest BCUT2D eigenvalue weighted by molar-refractivity contribution is 14.1. The maximum Gasteiger partial charge on any atom is 0.194 e. The number of pyridine rings is 1. The van der Waals surface area contributed by atoms with Crippen LogP contribution in [0.25, 0.3) is 10.9 Å². The molecular formula is C16H9BrINO. The number of benzene rings is 2. The fraction of sp³-hybridized carbons (Fsp3) is 0. The Kier molecular flexibility index (Phi) is 3.85. The SMILES string of the molecule is O=C(c1ccc2ncccc2c1)c1cc(I)ccc1Br. The topological polar surface area (TPSA) is 30.0 Å². The van der Waals surface area contributed by atoms with Gasteiger partial charge in [-0.15, -0.1) is 0 Å². The molecule has 0 N–H and O–H groups in total. The van der Waals surface area contributed by atoms with Gasteiger partial charge >= 0.3 is 0 Å². The Morgan fingerprint density at radius 2 is 1.95 bits per heavy atom. The minimum absolute atomic E-state index is 0.0149. The zero-order valence-electron chi connectivity index (χ0n) is 10.3. The molecular weight excluding hydrogens is 429 g/mol. The van der Waals surface area contributed by atoms with Gasteiger partial charge in [-0.3, -0.25) is 9.78 Å². The molecule has 0 spiro atoms. The van der Waals surface area contributed by atoms with Crippen LogP contribution >= 0.6 is 38.5 Å². The number of ketones is 1. The molecule has 0 radical (unpaired) electrons. The molecule has 0 atom stereocenters. The second-order valence-electron chi connectivity index (χ2n) is 4.36. The maximum absolute atomic E-state index is 12.6. The highest BCUT2D eigenvalue weighted by atomic mass is 127. The van der Waals surface area contributed by atoms with E-state index in [2.05, 4.69) is 43.5 Å². The van der Waals surface area contributed by atoms with E-state index in [-0.39, 0.29) is 5.78 Å². The molecule has 0 aliphatic rings. The maximum atomic E-state index is 12.6. The Hall–Kier alpha value is -1.27. The molecule has 3 rings (SSSR count). The van der Waals surface area contributed by atoms with Crippen molar-refractivity contribution >= 4 is 55.2 Å². The molecule has 0 saturated heterocycles. The van der Waals surface area contributed by atoms with Crippen molar-refractivity contribution in [3.05, 3.63) is 73.9 Å². The van der Waals surface area contributed by atoms with Crippen LogP contribution in [0.2, 0.25) is 0 Å². The van der Waals surface area contributed by atoms with Crippen LogP contribution in [0.3, 0.4) is 0 Å². The summed E-state index contributed by atoms with van der Waals surface area (Å²) in [5.41, 5.74) is 2.25. The van der Waals surface area contributed by atoms with E-state index in [0.29, 0.717) is 11.1 Å². The van der Waals surface area contributed by atoms with Gasteiger partial charge in [0.05, 0.1) is 5.52 Å². The Labute approximate surface area is 138 Å². The monoisotopic (exact) mass is 437 g/mol. The summed E-state index contributed by atoms with van der Waals surface area (Å²) >= 11 is 5.65. The summed E-state index contributed by atoms with van der Waals surface area (Å²) in [6.07, 6.45) is 1.75. The molecule has 0 aliphatic carbocycles. The van der Waals surface area contributed by atoms with E-state index < -0.39 is 0 Å². The van der Waals surface area contributed by atoms with Crippen molar-refractivity contribution in [3.8, 4) is 0 Å². The van der Waals surface area contributed by atoms with Crippen LogP contribution in [0.1, 0.15) is 15.9 Å². The molecule has 20 heavy (non-hydrogen) atoms. The van der Waals surface area contributed by atoms with Gasteiger partial charge in [-0.2, -0.15) is 0 Å². The van der Waals surface area contributed by atoms with Gasteiger partial charge in [0.25, 0.3) is 0 Å².